The van der Waals surface area contributed by atoms with Gasteiger partial charge in [-0.05, 0) is 43.4 Å². The van der Waals surface area contributed by atoms with Gasteiger partial charge in [-0.1, -0.05) is 6.92 Å². The van der Waals surface area contributed by atoms with Crippen LogP contribution < -0.4 is 0 Å². The third-order valence-electron chi connectivity index (χ3n) is 8.35. The fourth-order valence-electron chi connectivity index (χ4n) is 6.69. The lowest BCUT2D eigenvalue weighted by Crippen LogP contribution is -2.52. The van der Waals surface area contributed by atoms with E-state index in [9.17, 15) is 9.59 Å². The summed E-state index contributed by atoms with van der Waals surface area (Å²) in [5, 5.41) is 0. The molecular weight excluding hydrogens is 344 g/mol. The number of fused-ring (bicyclic) bond motifs is 3. The Morgan fingerprint density at radius 2 is 1.96 bits per heavy atom. The van der Waals surface area contributed by atoms with Crippen LogP contribution >= 0.6 is 0 Å². The predicted molar refractivity (Wildman–Crippen MR) is 98.9 cm³/mol. The van der Waals surface area contributed by atoms with Crippen LogP contribution in [0.5, 0.6) is 0 Å². The second-order valence-corrected chi connectivity index (χ2v) is 9.91. The Hall–Kier alpha value is -1.14. The first-order valence-corrected chi connectivity index (χ1v) is 10.7. The summed E-state index contributed by atoms with van der Waals surface area (Å²) in [6, 6.07) is 0. The first-order valence-electron chi connectivity index (χ1n) is 10.7. The Labute approximate surface area is 161 Å². The number of carbonyl (C=O) groups excluding carboxylic acids is 2. The summed E-state index contributed by atoms with van der Waals surface area (Å²) in [4.78, 5) is 28.5. The molecule has 2 saturated carbocycles. The van der Waals surface area contributed by atoms with Crippen molar-refractivity contribution in [2.45, 2.75) is 57.7 Å². The summed E-state index contributed by atoms with van der Waals surface area (Å²) in [6.45, 7) is 8.97. The van der Waals surface area contributed by atoms with Crippen molar-refractivity contribution >= 4 is 11.9 Å². The molecule has 3 saturated heterocycles. The van der Waals surface area contributed by atoms with E-state index >= 15 is 0 Å². The second kappa shape index (κ2) is 6.18. The number of hydrogen-bond acceptors (Lipinski definition) is 5. The largest absolute Gasteiger partial charge is 0.462 e. The highest BCUT2D eigenvalue weighted by molar-refractivity contribution is 5.76. The predicted octanol–water partition coefficient (Wildman–Crippen LogP) is 1.68. The van der Waals surface area contributed by atoms with Gasteiger partial charge in [-0.15, -0.1) is 0 Å². The van der Waals surface area contributed by atoms with Gasteiger partial charge in [0.05, 0.1) is 18.1 Å². The van der Waals surface area contributed by atoms with Gasteiger partial charge >= 0.3 is 5.97 Å². The van der Waals surface area contributed by atoms with Gasteiger partial charge in [-0.25, -0.2) is 0 Å². The molecular formula is C21H32N2O4. The molecule has 6 nitrogen and oxygen atoms in total. The van der Waals surface area contributed by atoms with Crippen LogP contribution in [0.2, 0.25) is 0 Å². The molecule has 3 aliphatic heterocycles. The summed E-state index contributed by atoms with van der Waals surface area (Å²) in [6.07, 6.45) is 5.84. The van der Waals surface area contributed by atoms with Gasteiger partial charge in [0.15, 0.2) is 0 Å². The summed E-state index contributed by atoms with van der Waals surface area (Å²) in [5.74, 6) is 1.05. The molecule has 27 heavy (non-hydrogen) atoms. The van der Waals surface area contributed by atoms with Crippen molar-refractivity contribution in [1.29, 1.82) is 0 Å². The minimum Gasteiger partial charge on any atom is -0.462 e. The number of hydrogen-bond donors (Lipinski definition) is 0. The highest BCUT2D eigenvalue weighted by Crippen LogP contribution is 2.62. The first kappa shape index (κ1) is 17.9. The Morgan fingerprint density at radius 1 is 1.22 bits per heavy atom. The monoisotopic (exact) mass is 376 g/mol. The fraction of sp³-hybridized carbons (Fsp3) is 0.905. The van der Waals surface area contributed by atoms with Gasteiger partial charge in [-0.2, -0.15) is 0 Å². The highest BCUT2D eigenvalue weighted by Gasteiger charge is 2.65. The fourth-order valence-corrected chi connectivity index (χ4v) is 6.69. The van der Waals surface area contributed by atoms with Crippen molar-refractivity contribution in [3.05, 3.63) is 0 Å². The molecule has 0 N–H and O–H groups in total. The molecule has 0 bridgehead atoms. The number of amides is 1. The number of piperazine rings is 1. The van der Waals surface area contributed by atoms with E-state index in [1.165, 1.54) is 19.3 Å². The summed E-state index contributed by atoms with van der Waals surface area (Å²) < 4.78 is 11.9. The van der Waals surface area contributed by atoms with Crippen molar-refractivity contribution < 1.29 is 19.1 Å². The number of nitrogens with zero attached hydrogens (tertiary/aromatic N) is 2. The van der Waals surface area contributed by atoms with Gasteiger partial charge in [0.1, 0.15) is 6.10 Å². The summed E-state index contributed by atoms with van der Waals surface area (Å²) in [5.41, 5.74) is 0.374. The smallest absolute Gasteiger partial charge is 0.310 e. The van der Waals surface area contributed by atoms with Crippen molar-refractivity contribution in [2.24, 2.45) is 23.2 Å². The molecule has 1 spiro atoms. The minimum atomic E-state index is -0.0128. The average Bonchev–Trinajstić information content (AvgIpc) is 3.33. The van der Waals surface area contributed by atoms with E-state index in [4.69, 9.17) is 9.47 Å². The Kier molecular flexibility index (Phi) is 4.10. The van der Waals surface area contributed by atoms with E-state index in [-0.39, 0.29) is 34.9 Å². The Morgan fingerprint density at radius 3 is 2.63 bits per heavy atom. The maximum absolute atomic E-state index is 12.7. The van der Waals surface area contributed by atoms with E-state index in [2.05, 4.69) is 11.8 Å². The molecule has 0 aromatic heterocycles. The van der Waals surface area contributed by atoms with E-state index < -0.39 is 0 Å². The van der Waals surface area contributed by atoms with Crippen LogP contribution in [-0.2, 0) is 19.1 Å². The zero-order valence-corrected chi connectivity index (χ0v) is 16.6. The molecule has 6 atom stereocenters. The lowest BCUT2D eigenvalue weighted by Gasteiger charge is -2.51. The molecule has 0 aromatic rings. The van der Waals surface area contributed by atoms with Crippen molar-refractivity contribution in [1.82, 2.24) is 9.80 Å². The molecule has 2 aliphatic carbocycles. The van der Waals surface area contributed by atoms with Crippen molar-refractivity contribution in [2.75, 3.05) is 39.3 Å². The highest BCUT2D eigenvalue weighted by atomic mass is 16.6. The van der Waals surface area contributed by atoms with E-state index in [0.717, 1.165) is 52.2 Å². The van der Waals surface area contributed by atoms with Gasteiger partial charge in [0.2, 0.25) is 5.91 Å². The van der Waals surface area contributed by atoms with Crippen molar-refractivity contribution in [3.8, 4) is 0 Å². The van der Waals surface area contributed by atoms with E-state index in [1.807, 2.05) is 4.90 Å². The van der Waals surface area contributed by atoms with Gasteiger partial charge in [0, 0.05) is 45.6 Å². The third-order valence-corrected chi connectivity index (χ3v) is 8.35. The average molecular weight is 376 g/mol. The molecule has 0 aromatic carbocycles. The number of epoxide rings is 1. The minimum absolute atomic E-state index is 0.00649. The quantitative estimate of drug-likeness (QED) is 0.542. The molecule has 0 radical (unpaired) electrons. The van der Waals surface area contributed by atoms with E-state index in [1.54, 1.807) is 6.92 Å². The van der Waals surface area contributed by atoms with Crippen LogP contribution in [0.15, 0.2) is 0 Å². The lowest BCUT2D eigenvalue weighted by molar-refractivity contribution is -0.147. The lowest BCUT2D eigenvalue weighted by atomic mass is 9.53. The third kappa shape index (κ3) is 2.91. The topological polar surface area (TPSA) is 62.4 Å². The SMILES string of the molecule is CC(=O)N1CCN(C[C@@H]2C(=O)O[C@@H]3C[C@@]4(C)CCC[C@@]5(CO5)[C@@H]4C[C@H]23)CC1. The zero-order chi connectivity index (χ0) is 18.8. The van der Waals surface area contributed by atoms with Gasteiger partial charge < -0.3 is 14.4 Å². The molecule has 6 heteroatoms. The number of ether oxygens (including phenoxy) is 2. The maximum Gasteiger partial charge on any atom is 0.310 e. The van der Waals surface area contributed by atoms with E-state index in [0.29, 0.717) is 11.8 Å². The van der Waals surface area contributed by atoms with Crippen LogP contribution in [0.3, 0.4) is 0 Å². The zero-order valence-electron chi connectivity index (χ0n) is 16.6. The van der Waals surface area contributed by atoms with Crippen molar-refractivity contribution in [3.63, 3.8) is 0 Å². The van der Waals surface area contributed by atoms with Crippen LogP contribution in [0.4, 0.5) is 0 Å². The van der Waals surface area contributed by atoms with Gasteiger partial charge in [-0.3, -0.25) is 14.5 Å². The number of rotatable bonds is 2. The molecule has 5 fully saturated rings. The summed E-state index contributed by atoms with van der Waals surface area (Å²) in [7, 11) is 0. The standard InChI is InChI=1S/C21H32N2O4/c1-14(24)23-8-6-22(7-9-23)12-16-15-10-18-20(2,11-17(15)27-19(16)25)4-3-5-21(18)13-26-21/h15-18H,3-13H2,1-2H3/t15-,16+,17-,18-,20-,21-/m1/s1. The Balaban J connectivity index is 1.28. The molecule has 1 amide bonds. The molecule has 0 unspecified atom stereocenters. The van der Waals surface area contributed by atoms with Crippen LogP contribution in [-0.4, -0.2) is 72.7 Å². The molecule has 5 aliphatic rings. The van der Waals surface area contributed by atoms with Crippen LogP contribution in [0, 0.1) is 23.2 Å². The summed E-state index contributed by atoms with van der Waals surface area (Å²) >= 11 is 0. The molecule has 150 valence electrons. The normalized spacial score (nSPS) is 46.7. The van der Waals surface area contributed by atoms with Crippen LogP contribution in [0.1, 0.15) is 46.0 Å². The maximum atomic E-state index is 12.7. The number of esters is 1. The molecule has 3 heterocycles. The Bertz CT molecular complexity index is 640. The number of carbonyl (C=O) groups is 2. The van der Waals surface area contributed by atoms with Crippen LogP contribution in [0.25, 0.3) is 0 Å². The van der Waals surface area contributed by atoms with Gasteiger partial charge in [0.25, 0.3) is 0 Å². The second-order valence-electron chi connectivity index (χ2n) is 9.91. The molecule has 5 rings (SSSR count). The first-order chi connectivity index (χ1) is 12.9.